The van der Waals surface area contributed by atoms with Crippen LogP contribution >= 0.6 is 0 Å². The number of rotatable bonds is 4. The van der Waals surface area contributed by atoms with E-state index in [0.29, 0.717) is 12.1 Å². The molecule has 1 heterocycles. The number of hydrogen-bond donors (Lipinski definition) is 1. The van der Waals surface area contributed by atoms with Crippen molar-refractivity contribution in [2.45, 2.75) is 57.2 Å². The smallest absolute Gasteiger partial charge is 0.0244 e. The summed E-state index contributed by atoms with van der Waals surface area (Å²) in [5, 5.41) is 0. The molecule has 1 aliphatic carbocycles. The van der Waals surface area contributed by atoms with Crippen LogP contribution in [0.15, 0.2) is 0 Å². The van der Waals surface area contributed by atoms with Crippen molar-refractivity contribution in [3.05, 3.63) is 0 Å². The van der Waals surface area contributed by atoms with E-state index in [1.807, 2.05) is 0 Å². The third-order valence-corrected chi connectivity index (χ3v) is 4.50. The number of likely N-dealkylation sites (tertiary alicyclic amines) is 1. The fraction of sp³-hybridized carbons (Fsp3) is 1.00. The summed E-state index contributed by atoms with van der Waals surface area (Å²) in [6, 6.07) is 1.84. The maximum absolute atomic E-state index is 6.17. The third kappa shape index (κ3) is 2.58. The SMILES string of the molecule is CCN1CCCC1CN(C)C1CCCC1N. The summed E-state index contributed by atoms with van der Waals surface area (Å²) in [5.41, 5.74) is 6.17. The van der Waals surface area contributed by atoms with Gasteiger partial charge in [-0.25, -0.2) is 0 Å². The lowest BCUT2D eigenvalue weighted by Crippen LogP contribution is -2.47. The lowest BCUT2D eigenvalue weighted by atomic mass is 10.1. The molecule has 2 rings (SSSR count). The van der Waals surface area contributed by atoms with Crippen molar-refractivity contribution in [3.8, 4) is 0 Å². The highest BCUT2D eigenvalue weighted by molar-refractivity contribution is 4.89. The van der Waals surface area contributed by atoms with Gasteiger partial charge in [0.05, 0.1) is 0 Å². The highest BCUT2D eigenvalue weighted by Gasteiger charge is 2.31. The average molecular weight is 225 g/mol. The van der Waals surface area contributed by atoms with Gasteiger partial charge in [-0.05, 0) is 45.8 Å². The summed E-state index contributed by atoms with van der Waals surface area (Å²) in [4.78, 5) is 5.15. The van der Waals surface area contributed by atoms with E-state index in [2.05, 4.69) is 23.8 Å². The standard InChI is InChI=1S/C13H27N3/c1-3-16-9-5-6-11(16)10-15(2)13-8-4-7-12(13)14/h11-13H,3-10,14H2,1-2H3. The molecule has 94 valence electrons. The maximum atomic E-state index is 6.17. The second-order valence-electron chi connectivity index (χ2n) is 5.53. The highest BCUT2D eigenvalue weighted by Crippen LogP contribution is 2.24. The van der Waals surface area contributed by atoms with E-state index >= 15 is 0 Å². The summed E-state index contributed by atoms with van der Waals surface area (Å²) < 4.78 is 0. The molecule has 3 unspecified atom stereocenters. The van der Waals surface area contributed by atoms with Crippen molar-refractivity contribution in [1.29, 1.82) is 0 Å². The summed E-state index contributed by atoms with van der Waals surface area (Å²) in [6.07, 6.45) is 6.59. The van der Waals surface area contributed by atoms with Crippen molar-refractivity contribution >= 4 is 0 Å². The zero-order chi connectivity index (χ0) is 11.5. The average Bonchev–Trinajstić information content (AvgIpc) is 2.86. The first-order valence-electron chi connectivity index (χ1n) is 6.92. The molecule has 2 N–H and O–H groups in total. The van der Waals surface area contributed by atoms with E-state index < -0.39 is 0 Å². The topological polar surface area (TPSA) is 32.5 Å². The molecule has 0 aromatic carbocycles. The molecule has 16 heavy (non-hydrogen) atoms. The second kappa shape index (κ2) is 5.48. The maximum Gasteiger partial charge on any atom is 0.0244 e. The molecule has 2 aliphatic rings. The van der Waals surface area contributed by atoms with E-state index in [1.54, 1.807) is 0 Å². The van der Waals surface area contributed by atoms with Gasteiger partial charge in [-0.3, -0.25) is 4.90 Å². The molecule has 3 atom stereocenters. The predicted octanol–water partition coefficient (Wildman–Crippen LogP) is 1.28. The van der Waals surface area contributed by atoms with Gasteiger partial charge in [-0.1, -0.05) is 13.3 Å². The molecule has 0 aromatic heterocycles. The van der Waals surface area contributed by atoms with Crippen molar-refractivity contribution in [2.24, 2.45) is 5.73 Å². The first-order chi connectivity index (χ1) is 7.72. The fourth-order valence-electron chi connectivity index (χ4n) is 3.50. The van der Waals surface area contributed by atoms with Crippen LogP contribution in [0.4, 0.5) is 0 Å². The van der Waals surface area contributed by atoms with Gasteiger partial charge in [0.15, 0.2) is 0 Å². The van der Waals surface area contributed by atoms with E-state index in [-0.39, 0.29) is 0 Å². The van der Waals surface area contributed by atoms with Gasteiger partial charge in [-0.15, -0.1) is 0 Å². The van der Waals surface area contributed by atoms with E-state index in [0.717, 1.165) is 6.04 Å². The number of nitrogens with zero attached hydrogens (tertiary/aromatic N) is 2. The van der Waals surface area contributed by atoms with E-state index in [1.165, 1.54) is 51.7 Å². The van der Waals surface area contributed by atoms with Crippen molar-refractivity contribution in [1.82, 2.24) is 9.80 Å². The Balaban J connectivity index is 1.84. The Hall–Kier alpha value is -0.120. The molecule has 0 amide bonds. The third-order valence-electron chi connectivity index (χ3n) is 4.50. The Morgan fingerprint density at radius 1 is 1.25 bits per heavy atom. The van der Waals surface area contributed by atoms with E-state index in [9.17, 15) is 0 Å². The van der Waals surface area contributed by atoms with Crippen molar-refractivity contribution < 1.29 is 0 Å². The molecule has 0 aromatic rings. The van der Waals surface area contributed by atoms with Crippen LogP contribution < -0.4 is 5.73 Å². The van der Waals surface area contributed by atoms with Gasteiger partial charge in [0.25, 0.3) is 0 Å². The molecule has 1 aliphatic heterocycles. The van der Waals surface area contributed by atoms with Crippen LogP contribution in [0.5, 0.6) is 0 Å². The van der Waals surface area contributed by atoms with Crippen LogP contribution in [-0.4, -0.2) is 54.6 Å². The minimum atomic E-state index is 0.418. The van der Waals surface area contributed by atoms with Gasteiger partial charge < -0.3 is 10.6 Å². The predicted molar refractivity (Wildman–Crippen MR) is 68.5 cm³/mol. The van der Waals surface area contributed by atoms with Gasteiger partial charge in [-0.2, -0.15) is 0 Å². The van der Waals surface area contributed by atoms with Crippen LogP contribution in [-0.2, 0) is 0 Å². The Morgan fingerprint density at radius 2 is 2.06 bits per heavy atom. The molecular formula is C13H27N3. The summed E-state index contributed by atoms with van der Waals surface area (Å²) in [6.45, 7) is 5.99. The van der Waals surface area contributed by atoms with Gasteiger partial charge in [0.1, 0.15) is 0 Å². The molecule has 1 saturated heterocycles. The van der Waals surface area contributed by atoms with Gasteiger partial charge in [0, 0.05) is 24.7 Å². The number of nitrogens with two attached hydrogens (primary N) is 1. The Morgan fingerprint density at radius 3 is 2.69 bits per heavy atom. The first kappa shape index (κ1) is 12.3. The first-order valence-corrected chi connectivity index (χ1v) is 6.92. The molecule has 3 heteroatoms. The Kier molecular flexibility index (Phi) is 4.22. The Bertz CT molecular complexity index is 219. The highest BCUT2D eigenvalue weighted by atomic mass is 15.2. The molecule has 3 nitrogen and oxygen atoms in total. The second-order valence-corrected chi connectivity index (χ2v) is 5.53. The fourth-order valence-corrected chi connectivity index (χ4v) is 3.50. The summed E-state index contributed by atoms with van der Waals surface area (Å²) >= 11 is 0. The summed E-state index contributed by atoms with van der Waals surface area (Å²) in [5.74, 6) is 0. The quantitative estimate of drug-likeness (QED) is 0.782. The van der Waals surface area contributed by atoms with Crippen LogP contribution in [0.1, 0.15) is 39.0 Å². The normalized spacial score (nSPS) is 36.4. The molecular weight excluding hydrogens is 198 g/mol. The molecule has 2 fully saturated rings. The Labute approximate surface area is 100.0 Å². The van der Waals surface area contributed by atoms with Crippen molar-refractivity contribution in [2.75, 3.05) is 26.7 Å². The largest absolute Gasteiger partial charge is 0.326 e. The van der Waals surface area contributed by atoms with E-state index in [4.69, 9.17) is 5.73 Å². The lowest BCUT2D eigenvalue weighted by Gasteiger charge is -2.33. The minimum absolute atomic E-state index is 0.418. The zero-order valence-electron chi connectivity index (χ0n) is 10.9. The molecule has 0 spiro atoms. The summed E-state index contributed by atoms with van der Waals surface area (Å²) in [7, 11) is 2.27. The van der Waals surface area contributed by atoms with Crippen molar-refractivity contribution in [3.63, 3.8) is 0 Å². The van der Waals surface area contributed by atoms with Crippen LogP contribution in [0.25, 0.3) is 0 Å². The number of hydrogen-bond acceptors (Lipinski definition) is 3. The number of likely N-dealkylation sites (N-methyl/N-ethyl adjacent to an activating group) is 2. The lowest BCUT2D eigenvalue weighted by molar-refractivity contribution is 0.157. The molecule has 0 radical (unpaired) electrons. The monoisotopic (exact) mass is 225 g/mol. The zero-order valence-corrected chi connectivity index (χ0v) is 10.9. The van der Waals surface area contributed by atoms with Crippen LogP contribution in [0, 0.1) is 0 Å². The molecule has 1 saturated carbocycles. The van der Waals surface area contributed by atoms with Crippen LogP contribution in [0.2, 0.25) is 0 Å². The van der Waals surface area contributed by atoms with Gasteiger partial charge in [0.2, 0.25) is 0 Å². The van der Waals surface area contributed by atoms with Gasteiger partial charge >= 0.3 is 0 Å². The van der Waals surface area contributed by atoms with Crippen LogP contribution in [0.3, 0.4) is 0 Å². The molecule has 0 bridgehead atoms. The minimum Gasteiger partial charge on any atom is -0.326 e.